The van der Waals surface area contributed by atoms with Crippen molar-refractivity contribution in [3.05, 3.63) is 22.4 Å². The van der Waals surface area contributed by atoms with Crippen molar-refractivity contribution in [1.82, 2.24) is 4.90 Å². The van der Waals surface area contributed by atoms with Crippen LogP contribution in [0.15, 0.2) is 17.5 Å². The summed E-state index contributed by atoms with van der Waals surface area (Å²) in [4.78, 5) is 15.8. The standard InChI is InChI=1S/C15H22N2OS.ClH/c1-17(7-6-12-3-2-8-19-12)15(18)13-10-4-5-11(9-10)14(13)16;/h2-3,8,10-11,13-14H,4-7,9,16H2,1H3;1H. The first-order chi connectivity index (χ1) is 9.16. The number of hydrogen-bond donors (Lipinski definition) is 1. The number of carbonyl (C=O) groups excluding carboxylic acids is 1. The summed E-state index contributed by atoms with van der Waals surface area (Å²) in [5, 5.41) is 2.09. The van der Waals surface area contributed by atoms with Crippen molar-refractivity contribution in [3.63, 3.8) is 0 Å². The molecule has 2 aliphatic carbocycles. The number of likely N-dealkylation sites (N-methyl/N-ethyl adjacent to an activating group) is 1. The van der Waals surface area contributed by atoms with Crippen molar-refractivity contribution in [3.8, 4) is 0 Å². The van der Waals surface area contributed by atoms with Crippen LogP contribution in [0.5, 0.6) is 0 Å². The van der Waals surface area contributed by atoms with Crippen LogP contribution in [0, 0.1) is 17.8 Å². The molecule has 1 aromatic rings. The molecule has 1 aromatic heterocycles. The maximum atomic E-state index is 12.6. The molecule has 5 heteroatoms. The van der Waals surface area contributed by atoms with Gasteiger partial charge in [0.2, 0.25) is 5.91 Å². The van der Waals surface area contributed by atoms with Gasteiger partial charge in [0.1, 0.15) is 0 Å². The van der Waals surface area contributed by atoms with E-state index in [4.69, 9.17) is 5.73 Å². The van der Waals surface area contributed by atoms with E-state index >= 15 is 0 Å². The lowest BCUT2D eigenvalue weighted by Crippen LogP contribution is -2.46. The van der Waals surface area contributed by atoms with Gasteiger partial charge in [-0.1, -0.05) is 6.07 Å². The number of thiophene rings is 1. The Hall–Kier alpha value is -0.580. The quantitative estimate of drug-likeness (QED) is 0.928. The molecule has 1 amide bonds. The van der Waals surface area contributed by atoms with Crippen molar-refractivity contribution in [1.29, 1.82) is 0 Å². The van der Waals surface area contributed by atoms with Gasteiger partial charge in [0, 0.05) is 24.5 Å². The van der Waals surface area contributed by atoms with Gasteiger partial charge >= 0.3 is 0 Å². The molecule has 20 heavy (non-hydrogen) atoms. The third-order valence-electron chi connectivity index (χ3n) is 4.92. The van der Waals surface area contributed by atoms with E-state index in [0.29, 0.717) is 11.8 Å². The average Bonchev–Trinajstić information content (AvgIpc) is 3.11. The predicted molar refractivity (Wildman–Crippen MR) is 85.2 cm³/mol. The van der Waals surface area contributed by atoms with Crippen LogP contribution in [-0.2, 0) is 11.2 Å². The molecule has 2 aliphatic rings. The minimum Gasteiger partial charge on any atom is -0.345 e. The van der Waals surface area contributed by atoms with E-state index < -0.39 is 0 Å². The SMILES string of the molecule is CN(CCc1cccs1)C(=O)C1C2CCC(C2)C1N.Cl. The Morgan fingerprint density at radius 3 is 2.80 bits per heavy atom. The van der Waals surface area contributed by atoms with Gasteiger partial charge in [-0.2, -0.15) is 0 Å². The summed E-state index contributed by atoms with van der Waals surface area (Å²) in [5.74, 6) is 1.52. The van der Waals surface area contributed by atoms with Gasteiger partial charge in [-0.25, -0.2) is 0 Å². The van der Waals surface area contributed by atoms with Gasteiger partial charge in [0.25, 0.3) is 0 Å². The summed E-state index contributed by atoms with van der Waals surface area (Å²) >= 11 is 1.76. The molecule has 2 bridgehead atoms. The van der Waals surface area contributed by atoms with Gasteiger partial charge in [-0.05, 0) is 49.0 Å². The van der Waals surface area contributed by atoms with Crippen molar-refractivity contribution < 1.29 is 4.79 Å². The highest BCUT2D eigenvalue weighted by atomic mass is 35.5. The van der Waals surface area contributed by atoms with E-state index in [-0.39, 0.29) is 30.3 Å². The third kappa shape index (κ3) is 2.87. The van der Waals surface area contributed by atoms with Crippen LogP contribution in [0.2, 0.25) is 0 Å². The van der Waals surface area contributed by atoms with E-state index in [1.807, 2.05) is 11.9 Å². The lowest BCUT2D eigenvalue weighted by molar-refractivity contribution is -0.136. The molecule has 0 saturated heterocycles. The number of rotatable bonds is 4. The van der Waals surface area contributed by atoms with Crippen LogP contribution in [0.4, 0.5) is 0 Å². The van der Waals surface area contributed by atoms with E-state index in [1.54, 1.807) is 11.3 Å². The van der Waals surface area contributed by atoms with Crippen LogP contribution in [0.1, 0.15) is 24.1 Å². The molecular formula is C15H23ClN2OS. The Bertz CT molecular complexity index is 449. The van der Waals surface area contributed by atoms with Gasteiger partial charge < -0.3 is 10.6 Å². The first-order valence-corrected chi connectivity index (χ1v) is 8.07. The monoisotopic (exact) mass is 314 g/mol. The van der Waals surface area contributed by atoms with Crippen LogP contribution in [0.3, 0.4) is 0 Å². The molecular weight excluding hydrogens is 292 g/mol. The minimum absolute atomic E-state index is 0. The topological polar surface area (TPSA) is 46.3 Å². The summed E-state index contributed by atoms with van der Waals surface area (Å²) in [6.45, 7) is 0.806. The fourth-order valence-corrected chi connectivity index (χ4v) is 4.50. The molecule has 0 aliphatic heterocycles. The highest BCUT2D eigenvalue weighted by Gasteiger charge is 2.49. The first-order valence-electron chi connectivity index (χ1n) is 7.19. The molecule has 3 rings (SSSR count). The number of hydrogen-bond acceptors (Lipinski definition) is 3. The molecule has 4 atom stereocenters. The van der Waals surface area contributed by atoms with Gasteiger partial charge in [0.05, 0.1) is 5.92 Å². The van der Waals surface area contributed by atoms with E-state index in [1.165, 1.54) is 24.1 Å². The Balaban J connectivity index is 0.00000147. The zero-order chi connectivity index (χ0) is 13.4. The Morgan fingerprint density at radius 1 is 1.45 bits per heavy atom. The number of halogens is 1. The summed E-state index contributed by atoms with van der Waals surface area (Å²) in [7, 11) is 1.93. The summed E-state index contributed by atoms with van der Waals surface area (Å²) in [5.41, 5.74) is 6.25. The Kier molecular flexibility index (Phi) is 5.10. The van der Waals surface area contributed by atoms with Crippen molar-refractivity contribution >= 4 is 29.7 Å². The first kappa shape index (κ1) is 15.8. The van der Waals surface area contributed by atoms with E-state index in [2.05, 4.69) is 17.5 Å². The fraction of sp³-hybridized carbons (Fsp3) is 0.667. The highest BCUT2D eigenvalue weighted by Crippen LogP contribution is 2.48. The van der Waals surface area contributed by atoms with Crippen LogP contribution in [0.25, 0.3) is 0 Å². The zero-order valence-corrected chi connectivity index (χ0v) is 13.5. The highest BCUT2D eigenvalue weighted by molar-refractivity contribution is 7.09. The normalized spacial score (nSPS) is 31.1. The zero-order valence-electron chi connectivity index (χ0n) is 11.8. The van der Waals surface area contributed by atoms with Crippen LogP contribution in [-0.4, -0.2) is 30.4 Å². The Morgan fingerprint density at radius 2 is 2.20 bits per heavy atom. The second kappa shape index (κ2) is 6.46. The van der Waals surface area contributed by atoms with Gasteiger partial charge in [0.15, 0.2) is 0 Å². The smallest absolute Gasteiger partial charge is 0.227 e. The van der Waals surface area contributed by atoms with Gasteiger partial charge in [-0.15, -0.1) is 23.7 Å². The number of carbonyl (C=O) groups is 1. The Labute approximate surface area is 130 Å². The van der Waals surface area contributed by atoms with Crippen LogP contribution < -0.4 is 5.73 Å². The summed E-state index contributed by atoms with van der Waals surface area (Å²) < 4.78 is 0. The molecule has 0 radical (unpaired) electrons. The predicted octanol–water partition coefficient (Wildman–Crippen LogP) is 2.54. The second-order valence-corrected chi connectivity index (χ2v) is 7.06. The second-order valence-electron chi connectivity index (χ2n) is 6.03. The molecule has 3 nitrogen and oxygen atoms in total. The molecule has 2 saturated carbocycles. The number of amides is 1. The number of nitrogens with zero attached hydrogens (tertiary/aromatic N) is 1. The number of fused-ring (bicyclic) bond motifs is 2. The molecule has 4 unspecified atom stereocenters. The number of nitrogens with two attached hydrogens (primary N) is 1. The summed E-state index contributed by atoms with van der Waals surface area (Å²) in [6, 6.07) is 4.30. The van der Waals surface area contributed by atoms with Gasteiger partial charge in [-0.3, -0.25) is 4.79 Å². The molecule has 112 valence electrons. The lowest BCUT2D eigenvalue weighted by atomic mass is 9.84. The van der Waals surface area contributed by atoms with E-state index in [9.17, 15) is 4.79 Å². The largest absolute Gasteiger partial charge is 0.345 e. The summed E-state index contributed by atoms with van der Waals surface area (Å²) in [6.07, 6.45) is 4.56. The molecule has 2 N–H and O–H groups in total. The maximum Gasteiger partial charge on any atom is 0.227 e. The third-order valence-corrected chi connectivity index (χ3v) is 5.85. The van der Waals surface area contributed by atoms with Crippen molar-refractivity contribution in [2.45, 2.75) is 31.7 Å². The fourth-order valence-electron chi connectivity index (χ4n) is 3.80. The maximum absolute atomic E-state index is 12.6. The average molecular weight is 315 g/mol. The molecule has 2 fully saturated rings. The van der Waals surface area contributed by atoms with Crippen LogP contribution >= 0.6 is 23.7 Å². The van der Waals surface area contributed by atoms with Crippen molar-refractivity contribution in [2.75, 3.05) is 13.6 Å². The lowest BCUT2D eigenvalue weighted by Gasteiger charge is -2.30. The van der Waals surface area contributed by atoms with E-state index in [0.717, 1.165) is 13.0 Å². The molecule has 1 heterocycles. The molecule has 0 spiro atoms. The molecule has 0 aromatic carbocycles. The minimum atomic E-state index is 0. The van der Waals surface area contributed by atoms with Crippen molar-refractivity contribution in [2.24, 2.45) is 23.5 Å².